The molecule has 0 radical (unpaired) electrons. The lowest BCUT2D eigenvalue weighted by Gasteiger charge is -2.33. The highest BCUT2D eigenvalue weighted by atomic mass is 16.5. The second-order valence-electron chi connectivity index (χ2n) is 7.00. The molecule has 0 aliphatic carbocycles. The summed E-state index contributed by atoms with van der Waals surface area (Å²) in [6, 6.07) is 17.8. The smallest absolute Gasteiger partial charge is 0.253 e. The third-order valence-electron chi connectivity index (χ3n) is 4.95. The van der Waals surface area contributed by atoms with Crippen LogP contribution in [-0.2, 0) is 0 Å². The average Bonchev–Trinajstić information content (AvgIpc) is 2.76. The summed E-state index contributed by atoms with van der Waals surface area (Å²) in [6.07, 6.45) is 1.46. The van der Waals surface area contributed by atoms with Gasteiger partial charge in [-0.2, -0.15) is 0 Å². The van der Waals surface area contributed by atoms with Crippen LogP contribution in [0.15, 0.2) is 60.7 Å². The Bertz CT molecular complexity index is 1010. The summed E-state index contributed by atoms with van der Waals surface area (Å²) in [5.74, 6) is 0.678. The van der Waals surface area contributed by atoms with Gasteiger partial charge in [-0.25, -0.2) is 0 Å². The van der Waals surface area contributed by atoms with Crippen LogP contribution < -0.4 is 10.5 Å². The first-order chi connectivity index (χ1) is 14.1. The number of ether oxygens (including phenoxy) is 1. The number of benzene rings is 2. The van der Waals surface area contributed by atoms with Crippen molar-refractivity contribution in [2.45, 2.75) is 18.9 Å². The van der Waals surface area contributed by atoms with Crippen molar-refractivity contribution in [1.82, 2.24) is 15.1 Å². The summed E-state index contributed by atoms with van der Waals surface area (Å²) < 4.78 is 6.10. The molecule has 7 heteroatoms. The zero-order valence-corrected chi connectivity index (χ0v) is 15.9. The molecule has 2 heterocycles. The van der Waals surface area contributed by atoms with Crippen LogP contribution in [0.4, 0.5) is 5.82 Å². The quantitative estimate of drug-likeness (QED) is 0.710. The minimum Gasteiger partial charge on any atom is -0.507 e. The SMILES string of the molecule is Nc1nnc(-c2ccccc2O)cc1OC1CCCN(C(=O)c2ccccc2)C1. The van der Waals surface area contributed by atoms with Gasteiger partial charge >= 0.3 is 0 Å². The molecule has 148 valence electrons. The number of amides is 1. The molecule has 4 rings (SSSR count). The maximum atomic E-state index is 12.7. The molecule has 1 unspecified atom stereocenters. The molecular weight excluding hydrogens is 368 g/mol. The minimum atomic E-state index is -0.194. The Balaban J connectivity index is 1.51. The van der Waals surface area contributed by atoms with E-state index in [1.807, 2.05) is 36.4 Å². The lowest BCUT2D eigenvalue weighted by molar-refractivity contribution is 0.0539. The Morgan fingerprint density at radius 2 is 1.86 bits per heavy atom. The molecule has 0 bridgehead atoms. The van der Waals surface area contributed by atoms with Gasteiger partial charge in [0.25, 0.3) is 5.91 Å². The maximum Gasteiger partial charge on any atom is 0.253 e. The number of phenols is 1. The molecule has 3 aromatic rings. The van der Waals surface area contributed by atoms with Gasteiger partial charge in [-0.1, -0.05) is 30.3 Å². The van der Waals surface area contributed by atoms with Crippen LogP contribution in [0, 0.1) is 0 Å². The van der Waals surface area contributed by atoms with E-state index in [9.17, 15) is 9.90 Å². The third-order valence-corrected chi connectivity index (χ3v) is 4.95. The molecule has 1 atom stereocenters. The number of nitrogen functional groups attached to an aromatic ring is 1. The molecule has 0 spiro atoms. The number of phenolic OH excluding ortho intramolecular Hbond substituents is 1. The molecule has 0 saturated carbocycles. The number of aromatic nitrogens is 2. The summed E-state index contributed by atoms with van der Waals surface area (Å²) in [7, 11) is 0. The highest BCUT2D eigenvalue weighted by Gasteiger charge is 2.26. The van der Waals surface area contributed by atoms with E-state index < -0.39 is 0 Å². The van der Waals surface area contributed by atoms with Crippen LogP contribution in [0.3, 0.4) is 0 Å². The first-order valence-corrected chi connectivity index (χ1v) is 9.54. The van der Waals surface area contributed by atoms with E-state index in [0.717, 1.165) is 12.8 Å². The first-order valence-electron chi connectivity index (χ1n) is 9.54. The number of piperidine rings is 1. The van der Waals surface area contributed by atoms with Crippen LogP contribution in [-0.4, -0.2) is 45.3 Å². The topological polar surface area (TPSA) is 102 Å². The predicted octanol–water partition coefficient (Wildman–Crippen LogP) is 3.12. The molecule has 1 saturated heterocycles. The second kappa shape index (κ2) is 8.18. The number of nitrogens with zero attached hydrogens (tertiary/aromatic N) is 3. The van der Waals surface area contributed by atoms with Crippen molar-refractivity contribution < 1.29 is 14.6 Å². The minimum absolute atomic E-state index is 0.00498. The number of para-hydroxylation sites is 1. The van der Waals surface area contributed by atoms with E-state index in [1.54, 1.807) is 29.2 Å². The Morgan fingerprint density at radius 3 is 2.66 bits per heavy atom. The fourth-order valence-corrected chi connectivity index (χ4v) is 3.46. The van der Waals surface area contributed by atoms with E-state index in [4.69, 9.17) is 10.5 Å². The molecular formula is C22H22N4O3. The van der Waals surface area contributed by atoms with Gasteiger partial charge in [0.2, 0.25) is 0 Å². The first kappa shape index (κ1) is 18.7. The molecule has 7 nitrogen and oxygen atoms in total. The summed E-state index contributed by atoms with van der Waals surface area (Å²) >= 11 is 0. The largest absolute Gasteiger partial charge is 0.507 e. The molecule has 1 fully saturated rings. The standard InChI is InChI=1S/C22H22N4O3/c23-21-20(13-18(24-25-21)17-10-4-5-11-19(17)27)29-16-9-6-12-26(14-16)22(28)15-7-2-1-3-8-15/h1-5,7-8,10-11,13,16,27H,6,9,12,14H2,(H2,23,25). The number of carbonyl (C=O) groups is 1. The van der Waals surface area contributed by atoms with E-state index in [2.05, 4.69) is 10.2 Å². The number of anilines is 1. The van der Waals surface area contributed by atoms with Crippen molar-refractivity contribution in [2.24, 2.45) is 0 Å². The molecule has 3 N–H and O–H groups in total. The number of hydrogen-bond acceptors (Lipinski definition) is 6. The van der Waals surface area contributed by atoms with Crippen molar-refractivity contribution in [2.75, 3.05) is 18.8 Å². The maximum absolute atomic E-state index is 12.7. The molecule has 1 aromatic heterocycles. The fourth-order valence-electron chi connectivity index (χ4n) is 3.46. The number of hydrogen-bond donors (Lipinski definition) is 2. The van der Waals surface area contributed by atoms with Gasteiger partial charge < -0.3 is 20.5 Å². The van der Waals surface area contributed by atoms with Gasteiger partial charge in [-0.3, -0.25) is 4.79 Å². The number of carbonyl (C=O) groups excluding carboxylic acids is 1. The lowest BCUT2D eigenvalue weighted by atomic mass is 10.1. The van der Waals surface area contributed by atoms with Gasteiger partial charge in [0.15, 0.2) is 11.6 Å². The number of nitrogens with two attached hydrogens (primary N) is 1. The van der Waals surface area contributed by atoms with Gasteiger partial charge in [0.1, 0.15) is 17.5 Å². The lowest BCUT2D eigenvalue weighted by Crippen LogP contribution is -2.44. The van der Waals surface area contributed by atoms with Crippen molar-refractivity contribution >= 4 is 11.7 Å². The van der Waals surface area contributed by atoms with Crippen LogP contribution in [0.1, 0.15) is 23.2 Å². The highest BCUT2D eigenvalue weighted by Crippen LogP contribution is 2.31. The molecule has 1 aliphatic heterocycles. The van der Waals surface area contributed by atoms with Crippen LogP contribution in [0.5, 0.6) is 11.5 Å². The number of rotatable bonds is 4. The molecule has 29 heavy (non-hydrogen) atoms. The monoisotopic (exact) mass is 390 g/mol. The van der Waals surface area contributed by atoms with Crippen molar-refractivity contribution in [1.29, 1.82) is 0 Å². The second-order valence-corrected chi connectivity index (χ2v) is 7.00. The summed E-state index contributed by atoms with van der Waals surface area (Å²) in [4.78, 5) is 14.5. The highest BCUT2D eigenvalue weighted by molar-refractivity contribution is 5.94. The van der Waals surface area contributed by atoms with Gasteiger partial charge in [0.05, 0.1) is 6.54 Å². The van der Waals surface area contributed by atoms with E-state index in [-0.39, 0.29) is 23.6 Å². The van der Waals surface area contributed by atoms with Gasteiger partial charge in [-0.15, -0.1) is 10.2 Å². The summed E-state index contributed by atoms with van der Waals surface area (Å²) in [6.45, 7) is 1.17. The van der Waals surface area contributed by atoms with E-state index in [0.29, 0.717) is 35.7 Å². The zero-order chi connectivity index (χ0) is 20.2. The van der Waals surface area contributed by atoms with E-state index in [1.165, 1.54) is 0 Å². The Kier molecular flexibility index (Phi) is 5.29. The van der Waals surface area contributed by atoms with E-state index >= 15 is 0 Å². The molecule has 1 amide bonds. The zero-order valence-electron chi connectivity index (χ0n) is 15.9. The average molecular weight is 390 g/mol. The Hall–Kier alpha value is -3.61. The summed E-state index contributed by atoms with van der Waals surface area (Å²) in [5, 5.41) is 18.1. The third kappa shape index (κ3) is 4.13. The fraction of sp³-hybridized carbons (Fsp3) is 0.227. The van der Waals surface area contributed by atoms with Crippen molar-refractivity contribution in [3.8, 4) is 22.8 Å². The Labute approximate surface area is 168 Å². The van der Waals surface area contributed by atoms with Gasteiger partial charge in [-0.05, 0) is 37.1 Å². The Morgan fingerprint density at radius 1 is 1.10 bits per heavy atom. The molecule has 1 aliphatic rings. The van der Waals surface area contributed by atoms with Crippen LogP contribution >= 0.6 is 0 Å². The molecule has 2 aromatic carbocycles. The van der Waals surface area contributed by atoms with Crippen LogP contribution in [0.25, 0.3) is 11.3 Å². The number of likely N-dealkylation sites (tertiary alicyclic amines) is 1. The predicted molar refractivity (Wildman–Crippen MR) is 110 cm³/mol. The van der Waals surface area contributed by atoms with Crippen molar-refractivity contribution in [3.05, 3.63) is 66.2 Å². The van der Waals surface area contributed by atoms with Gasteiger partial charge in [0, 0.05) is 23.7 Å². The summed E-state index contributed by atoms with van der Waals surface area (Å²) in [5.41, 5.74) is 7.66. The van der Waals surface area contributed by atoms with Crippen molar-refractivity contribution in [3.63, 3.8) is 0 Å². The number of aromatic hydroxyl groups is 1. The normalized spacial score (nSPS) is 16.4. The van der Waals surface area contributed by atoms with Crippen LogP contribution in [0.2, 0.25) is 0 Å².